The molecule has 0 spiro atoms. The van der Waals surface area contributed by atoms with E-state index in [-0.39, 0.29) is 5.54 Å². The molecule has 1 N–H and O–H groups in total. The summed E-state index contributed by atoms with van der Waals surface area (Å²) in [5, 5.41) is 5.74. The summed E-state index contributed by atoms with van der Waals surface area (Å²) in [5.74, 6) is 0. The van der Waals surface area contributed by atoms with Crippen molar-refractivity contribution in [3.05, 3.63) is 46.7 Å². The summed E-state index contributed by atoms with van der Waals surface area (Å²) in [6.45, 7) is 7.52. The van der Waals surface area contributed by atoms with Gasteiger partial charge in [0, 0.05) is 17.0 Å². The zero-order valence-corrected chi connectivity index (χ0v) is 11.5. The first-order valence-electron chi connectivity index (χ1n) is 5.92. The van der Waals surface area contributed by atoms with E-state index in [0.717, 1.165) is 6.54 Å². The molecular formula is C15H19NS. The van der Waals surface area contributed by atoms with E-state index in [0.29, 0.717) is 0 Å². The van der Waals surface area contributed by atoms with Crippen molar-refractivity contribution in [2.45, 2.75) is 32.9 Å². The number of rotatable bonds is 3. The molecule has 1 nitrogen and oxygen atoms in total. The molecule has 2 aromatic rings. The largest absolute Gasteiger partial charge is 0.307 e. The predicted octanol–water partition coefficient (Wildman–Crippen LogP) is 4.30. The zero-order valence-electron chi connectivity index (χ0n) is 10.7. The summed E-state index contributed by atoms with van der Waals surface area (Å²) < 4.78 is 0. The zero-order chi connectivity index (χ0) is 12.3. The Morgan fingerprint density at radius 1 is 1.06 bits per heavy atom. The minimum absolute atomic E-state index is 0.177. The first-order chi connectivity index (χ1) is 8.04. The molecule has 0 fully saturated rings. The Morgan fingerprint density at radius 2 is 1.76 bits per heavy atom. The van der Waals surface area contributed by atoms with Gasteiger partial charge in [-0.15, -0.1) is 11.3 Å². The van der Waals surface area contributed by atoms with Crippen LogP contribution in [-0.4, -0.2) is 5.54 Å². The van der Waals surface area contributed by atoms with Crippen molar-refractivity contribution in [1.29, 1.82) is 0 Å². The van der Waals surface area contributed by atoms with E-state index in [4.69, 9.17) is 0 Å². The molecule has 1 heterocycles. The van der Waals surface area contributed by atoms with Gasteiger partial charge in [0.05, 0.1) is 0 Å². The lowest BCUT2D eigenvalue weighted by Crippen LogP contribution is -2.34. The fourth-order valence-corrected chi connectivity index (χ4v) is 2.44. The maximum Gasteiger partial charge on any atom is 0.0304 e. The Bertz CT molecular complexity index is 465. The first-order valence-corrected chi connectivity index (χ1v) is 6.80. The van der Waals surface area contributed by atoms with Crippen molar-refractivity contribution in [2.24, 2.45) is 0 Å². The molecule has 0 aliphatic carbocycles. The molecule has 0 amide bonds. The van der Waals surface area contributed by atoms with Crippen molar-refractivity contribution in [3.63, 3.8) is 0 Å². The summed E-state index contributed by atoms with van der Waals surface area (Å²) >= 11 is 1.82. The van der Waals surface area contributed by atoms with Gasteiger partial charge in [-0.2, -0.15) is 0 Å². The van der Waals surface area contributed by atoms with E-state index in [1.54, 1.807) is 0 Å². The molecule has 17 heavy (non-hydrogen) atoms. The van der Waals surface area contributed by atoms with Crippen LogP contribution in [0.15, 0.2) is 41.8 Å². The van der Waals surface area contributed by atoms with Gasteiger partial charge in [0.15, 0.2) is 0 Å². The van der Waals surface area contributed by atoms with Crippen LogP contribution in [-0.2, 0) is 6.54 Å². The second kappa shape index (κ2) is 5.03. The number of hydrogen-bond donors (Lipinski definition) is 1. The fourth-order valence-electron chi connectivity index (χ4n) is 1.61. The molecule has 0 saturated carbocycles. The van der Waals surface area contributed by atoms with Crippen molar-refractivity contribution >= 4 is 11.3 Å². The van der Waals surface area contributed by atoms with Crippen LogP contribution in [0, 0.1) is 0 Å². The smallest absolute Gasteiger partial charge is 0.0304 e. The summed E-state index contributed by atoms with van der Waals surface area (Å²) in [5.41, 5.74) is 2.80. The Balaban J connectivity index is 2.07. The highest BCUT2D eigenvalue weighted by molar-refractivity contribution is 7.10. The van der Waals surface area contributed by atoms with E-state index >= 15 is 0 Å². The van der Waals surface area contributed by atoms with Crippen molar-refractivity contribution in [3.8, 4) is 11.1 Å². The minimum Gasteiger partial charge on any atom is -0.307 e. The molecule has 1 aromatic heterocycles. The monoisotopic (exact) mass is 245 g/mol. The summed E-state index contributed by atoms with van der Waals surface area (Å²) in [6, 6.07) is 12.8. The van der Waals surface area contributed by atoms with Gasteiger partial charge in [0.2, 0.25) is 0 Å². The Morgan fingerprint density at radius 3 is 2.41 bits per heavy atom. The summed E-state index contributed by atoms with van der Waals surface area (Å²) in [4.78, 5) is 1.39. The number of hydrogen-bond acceptors (Lipinski definition) is 2. The van der Waals surface area contributed by atoms with E-state index in [1.807, 2.05) is 11.3 Å². The SMILES string of the molecule is CC(C)(C)NCc1cc(-c2ccccc2)cs1. The Hall–Kier alpha value is -1.12. The minimum atomic E-state index is 0.177. The van der Waals surface area contributed by atoms with Crippen molar-refractivity contribution in [2.75, 3.05) is 0 Å². The van der Waals surface area contributed by atoms with Crippen LogP contribution in [0.4, 0.5) is 0 Å². The summed E-state index contributed by atoms with van der Waals surface area (Å²) in [7, 11) is 0. The molecule has 0 atom stereocenters. The van der Waals surface area contributed by atoms with Gasteiger partial charge >= 0.3 is 0 Å². The average molecular weight is 245 g/mol. The number of thiophene rings is 1. The van der Waals surface area contributed by atoms with Gasteiger partial charge in [0.25, 0.3) is 0 Å². The topological polar surface area (TPSA) is 12.0 Å². The molecule has 0 unspecified atom stereocenters. The maximum atomic E-state index is 3.51. The molecule has 1 aromatic carbocycles. The van der Waals surface area contributed by atoms with Crippen LogP contribution >= 0.6 is 11.3 Å². The molecule has 0 aliphatic heterocycles. The quantitative estimate of drug-likeness (QED) is 0.850. The van der Waals surface area contributed by atoms with Gasteiger partial charge in [-0.05, 0) is 43.3 Å². The van der Waals surface area contributed by atoms with Gasteiger partial charge in [-0.1, -0.05) is 30.3 Å². The lowest BCUT2D eigenvalue weighted by atomic mass is 10.1. The molecule has 0 bridgehead atoms. The molecule has 2 heteroatoms. The van der Waals surface area contributed by atoms with Gasteiger partial charge in [0.1, 0.15) is 0 Å². The number of benzene rings is 1. The molecule has 2 rings (SSSR count). The third-order valence-electron chi connectivity index (χ3n) is 2.55. The Kier molecular flexibility index (Phi) is 3.65. The summed E-state index contributed by atoms with van der Waals surface area (Å²) in [6.07, 6.45) is 0. The normalized spacial score (nSPS) is 11.7. The highest BCUT2D eigenvalue weighted by atomic mass is 32.1. The highest BCUT2D eigenvalue weighted by Crippen LogP contribution is 2.25. The predicted molar refractivity (Wildman–Crippen MR) is 76.3 cm³/mol. The van der Waals surface area contributed by atoms with Crippen LogP contribution < -0.4 is 5.32 Å². The molecule has 0 saturated heterocycles. The van der Waals surface area contributed by atoms with Crippen LogP contribution in [0.25, 0.3) is 11.1 Å². The molecular weight excluding hydrogens is 226 g/mol. The maximum absolute atomic E-state index is 3.51. The van der Waals surface area contributed by atoms with Crippen LogP contribution in [0.2, 0.25) is 0 Å². The second-order valence-electron chi connectivity index (χ2n) is 5.27. The van der Waals surface area contributed by atoms with E-state index < -0.39 is 0 Å². The van der Waals surface area contributed by atoms with E-state index in [2.05, 4.69) is 67.9 Å². The van der Waals surface area contributed by atoms with Gasteiger partial charge in [-0.25, -0.2) is 0 Å². The van der Waals surface area contributed by atoms with E-state index in [1.165, 1.54) is 16.0 Å². The third-order valence-corrected chi connectivity index (χ3v) is 3.49. The number of nitrogens with one attached hydrogen (secondary N) is 1. The van der Waals surface area contributed by atoms with Crippen molar-refractivity contribution < 1.29 is 0 Å². The molecule has 90 valence electrons. The highest BCUT2D eigenvalue weighted by Gasteiger charge is 2.09. The van der Waals surface area contributed by atoms with Crippen LogP contribution in [0.1, 0.15) is 25.6 Å². The van der Waals surface area contributed by atoms with E-state index in [9.17, 15) is 0 Å². The second-order valence-corrected chi connectivity index (χ2v) is 6.27. The van der Waals surface area contributed by atoms with Crippen LogP contribution in [0.5, 0.6) is 0 Å². The average Bonchev–Trinajstić information content (AvgIpc) is 2.75. The van der Waals surface area contributed by atoms with Crippen molar-refractivity contribution in [1.82, 2.24) is 5.32 Å². The third kappa shape index (κ3) is 3.69. The van der Waals surface area contributed by atoms with Gasteiger partial charge in [-0.3, -0.25) is 0 Å². The lowest BCUT2D eigenvalue weighted by Gasteiger charge is -2.19. The Labute approximate surface area is 108 Å². The molecule has 0 radical (unpaired) electrons. The standard InChI is InChI=1S/C15H19NS/c1-15(2,3)16-10-14-9-13(11-17-14)12-7-5-4-6-8-12/h4-9,11,16H,10H2,1-3H3. The molecule has 0 aliphatic rings. The van der Waals surface area contributed by atoms with Gasteiger partial charge < -0.3 is 5.32 Å². The lowest BCUT2D eigenvalue weighted by molar-refractivity contribution is 0.426. The first kappa shape index (κ1) is 12.3. The van der Waals surface area contributed by atoms with Crippen LogP contribution in [0.3, 0.4) is 0 Å². The fraction of sp³-hybridized carbons (Fsp3) is 0.333.